The number of rotatable bonds is 2. The Morgan fingerprint density at radius 2 is 2.04 bits per heavy atom. The molecule has 2 amide bonds. The predicted octanol–water partition coefficient (Wildman–Crippen LogP) is 5.07. The smallest absolute Gasteiger partial charge is 0.319 e. The van der Waals surface area contributed by atoms with Gasteiger partial charge in [0.2, 0.25) is 0 Å². The van der Waals surface area contributed by atoms with Crippen molar-refractivity contribution in [3.63, 3.8) is 0 Å². The van der Waals surface area contributed by atoms with E-state index in [1.165, 1.54) is 0 Å². The Kier molecular flexibility index (Phi) is 4.41. The van der Waals surface area contributed by atoms with Gasteiger partial charge in [0.15, 0.2) is 0 Å². The molecule has 0 saturated carbocycles. The standard InChI is InChI=1S/C19H21ClN2O2/c1-12-5-4-6-14(9-12)21-18(23)22-16-11-19(2,3)24-17-8-7-13(20)10-15(16)17/h4-10,16H,11H2,1-3H3,(H2,21,22,23)/t16-/m1/s1. The SMILES string of the molecule is Cc1cccc(NC(=O)N[C@@H]2CC(C)(C)Oc3ccc(Cl)cc32)c1. The van der Waals surface area contributed by atoms with Crippen LogP contribution in [-0.4, -0.2) is 11.6 Å². The Morgan fingerprint density at radius 3 is 2.79 bits per heavy atom. The van der Waals surface area contributed by atoms with Crippen molar-refractivity contribution < 1.29 is 9.53 Å². The number of anilines is 1. The minimum absolute atomic E-state index is 0.160. The van der Waals surface area contributed by atoms with E-state index in [0.717, 1.165) is 22.6 Å². The second kappa shape index (κ2) is 6.36. The van der Waals surface area contributed by atoms with Gasteiger partial charge in [-0.1, -0.05) is 23.7 Å². The van der Waals surface area contributed by atoms with Crippen molar-refractivity contribution in [1.29, 1.82) is 0 Å². The number of nitrogens with one attached hydrogen (secondary N) is 2. The van der Waals surface area contributed by atoms with Crippen LogP contribution in [0.4, 0.5) is 10.5 Å². The first-order valence-electron chi connectivity index (χ1n) is 7.95. The highest BCUT2D eigenvalue weighted by Gasteiger charge is 2.34. The van der Waals surface area contributed by atoms with Crippen molar-refractivity contribution in [2.75, 3.05) is 5.32 Å². The molecule has 0 unspecified atom stereocenters. The normalized spacial score (nSPS) is 18.2. The molecule has 0 saturated heterocycles. The van der Waals surface area contributed by atoms with Crippen LogP contribution in [0.25, 0.3) is 0 Å². The van der Waals surface area contributed by atoms with E-state index in [9.17, 15) is 4.79 Å². The van der Waals surface area contributed by atoms with Crippen molar-refractivity contribution >= 4 is 23.3 Å². The van der Waals surface area contributed by atoms with Gasteiger partial charge in [0.1, 0.15) is 11.4 Å². The van der Waals surface area contributed by atoms with Gasteiger partial charge in [0.25, 0.3) is 0 Å². The maximum atomic E-state index is 12.4. The van der Waals surface area contributed by atoms with Crippen LogP contribution in [0.15, 0.2) is 42.5 Å². The van der Waals surface area contributed by atoms with Crippen LogP contribution in [0, 0.1) is 6.92 Å². The molecule has 0 aromatic heterocycles. The number of amides is 2. The number of carbonyl (C=O) groups is 1. The molecule has 0 radical (unpaired) electrons. The Balaban J connectivity index is 1.79. The molecule has 4 nitrogen and oxygen atoms in total. The van der Waals surface area contributed by atoms with Crippen molar-refractivity contribution in [1.82, 2.24) is 5.32 Å². The molecule has 0 fully saturated rings. The number of halogens is 1. The summed E-state index contributed by atoms with van der Waals surface area (Å²) in [7, 11) is 0. The molecular weight excluding hydrogens is 324 g/mol. The molecule has 3 rings (SSSR count). The summed E-state index contributed by atoms with van der Waals surface area (Å²) in [5.74, 6) is 0.761. The highest BCUT2D eigenvalue weighted by molar-refractivity contribution is 6.30. The number of carbonyl (C=O) groups excluding carboxylic acids is 1. The molecular formula is C19H21ClN2O2. The molecule has 1 heterocycles. The zero-order valence-corrected chi connectivity index (χ0v) is 14.8. The van der Waals surface area contributed by atoms with Gasteiger partial charge in [-0.15, -0.1) is 0 Å². The molecule has 2 aromatic carbocycles. The first-order valence-corrected chi connectivity index (χ1v) is 8.33. The number of fused-ring (bicyclic) bond motifs is 1. The molecule has 1 aliphatic rings. The number of urea groups is 1. The van der Waals surface area contributed by atoms with Crippen molar-refractivity contribution in [2.24, 2.45) is 0 Å². The van der Waals surface area contributed by atoms with E-state index in [-0.39, 0.29) is 17.7 Å². The van der Waals surface area contributed by atoms with Crippen LogP contribution < -0.4 is 15.4 Å². The quantitative estimate of drug-likeness (QED) is 0.798. The van der Waals surface area contributed by atoms with Gasteiger partial charge in [-0.3, -0.25) is 0 Å². The van der Waals surface area contributed by atoms with Crippen molar-refractivity contribution in [3.8, 4) is 5.75 Å². The van der Waals surface area contributed by atoms with Gasteiger partial charge in [-0.2, -0.15) is 0 Å². The van der Waals surface area contributed by atoms with Gasteiger partial charge < -0.3 is 15.4 Å². The minimum atomic E-state index is -0.359. The monoisotopic (exact) mass is 344 g/mol. The fourth-order valence-corrected chi connectivity index (χ4v) is 3.18. The van der Waals surface area contributed by atoms with Gasteiger partial charge in [-0.25, -0.2) is 4.79 Å². The zero-order valence-electron chi connectivity index (χ0n) is 14.0. The minimum Gasteiger partial charge on any atom is -0.487 e. The summed E-state index contributed by atoms with van der Waals surface area (Å²) < 4.78 is 5.99. The molecule has 2 N–H and O–H groups in total. The molecule has 5 heteroatoms. The Bertz CT molecular complexity index is 774. The van der Waals surface area contributed by atoms with Crippen LogP contribution in [-0.2, 0) is 0 Å². The predicted molar refractivity (Wildman–Crippen MR) is 96.9 cm³/mol. The van der Waals surface area contributed by atoms with Crippen LogP contribution in [0.2, 0.25) is 5.02 Å². The lowest BCUT2D eigenvalue weighted by atomic mass is 9.90. The first-order chi connectivity index (χ1) is 11.3. The van der Waals surface area contributed by atoms with Crippen molar-refractivity contribution in [3.05, 3.63) is 58.6 Å². The number of benzene rings is 2. The van der Waals surface area contributed by atoms with E-state index < -0.39 is 0 Å². The third-order valence-corrected chi connectivity index (χ3v) is 4.25. The van der Waals surface area contributed by atoms with Crippen molar-refractivity contribution in [2.45, 2.75) is 38.8 Å². The molecule has 1 atom stereocenters. The lowest BCUT2D eigenvalue weighted by Gasteiger charge is -2.38. The van der Waals surface area contributed by atoms with E-state index in [4.69, 9.17) is 16.3 Å². The number of ether oxygens (including phenoxy) is 1. The summed E-state index contributed by atoms with van der Waals surface area (Å²) in [6.07, 6.45) is 0.668. The van der Waals surface area contributed by atoms with E-state index in [1.54, 1.807) is 6.07 Å². The summed E-state index contributed by atoms with van der Waals surface area (Å²) >= 11 is 6.11. The van der Waals surface area contributed by atoms with Crippen LogP contribution >= 0.6 is 11.6 Å². The van der Waals surface area contributed by atoms with Gasteiger partial charge in [0.05, 0.1) is 6.04 Å². The average Bonchev–Trinajstić information content (AvgIpc) is 2.47. The summed E-state index contributed by atoms with van der Waals surface area (Å²) in [4.78, 5) is 12.4. The van der Waals surface area contributed by atoms with Gasteiger partial charge in [-0.05, 0) is 56.7 Å². The van der Waals surface area contributed by atoms with Crippen LogP contribution in [0.3, 0.4) is 0 Å². The number of hydrogen-bond acceptors (Lipinski definition) is 2. The van der Waals surface area contributed by atoms with E-state index >= 15 is 0 Å². The number of hydrogen-bond donors (Lipinski definition) is 2. The molecule has 24 heavy (non-hydrogen) atoms. The largest absolute Gasteiger partial charge is 0.487 e. The van der Waals surface area contributed by atoms with E-state index in [2.05, 4.69) is 10.6 Å². The van der Waals surface area contributed by atoms with Gasteiger partial charge >= 0.3 is 6.03 Å². The highest BCUT2D eigenvalue weighted by Crippen LogP contribution is 2.40. The van der Waals surface area contributed by atoms with E-state index in [1.807, 2.05) is 57.2 Å². The lowest BCUT2D eigenvalue weighted by molar-refractivity contribution is 0.0683. The lowest BCUT2D eigenvalue weighted by Crippen LogP contribution is -2.42. The fraction of sp³-hybridized carbons (Fsp3) is 0.316. The maximum Gasteiger partial charge on any atom is 0.319 e. The third-order valence-electron chi connectivity index (χ3n) is 4.01. The third kappa shape index (κ3) is 3.82. The second-order valence-electron chi connectivity index (χ2n) is 6.77. The summed E-state index contributed by atoms with van der Waals surface area (Å²) in [6.45, 7) is 6.01. The number of aryl methyl sites for hydroxylation is 1. The summed E-state index contributed by atoms with van der Waals surface area (Å²) in [5, 5.41) is 6.54. The molecule has 0 aliphatic carbocycles. The summed E-state index contributed by atoms with van der Waals surface area (Å²) in [6, 6.07) is 12.8. The molecule has 2 aromatic rings. The zero-order chi connectivity index (χ0) is 17.3. The summed E-state index contributed by atoms with van der Waals surface area (Å²) in [5.41, 5.74) is 2.41. The molecule has 0 bridgehead atoms. The molecule has 126 valence electrons. The fourth-order valence-electron chi connectivity index (χ4n) is 3.00. The topological polar surface area (TPSA) is 50.4 Å². The first kappa shape index (κ1) is 16.7. The molecule has 1 aliphatic heterocycles. The van der Waals surface area contributed by atoms with Crippen LogP contribution in [0.5, 0.6) is 5.75 Å². The Labute approximate surface area is 147 Å². The van der Waals surface area contributed by atoms with Crippen LogP contribution in [0.1, 0.15) is 37.4 Å². The average molecular weight is 345 g/mol. The van der Waals surface area contributed by atoms with E-state index in [0.29, 0.717) is 11.4 Å². The highest BCUT2D eigenvalue weighted by atomic mass is 35.5. The second-order valence-corrected chi connectivity index (χ2v) is 7.20. The Morgan fingerprint density at radius 1 is 1.25 bits per heavy atom. The van der Waals surface area contributed by atoms with Gasteiger partial charge in [0, 0.05) is 22.7 Å². The molecule has 0 spiro atoms. The maximum absolute atomic E-state index is 12.4. The Hall–Kier alpha value is -2.20.